The van der Waals surface area contributed by atoms with E-state index < -0.39 is 12.1 Å². The molecule has 1 rings (SSSR count). The van der Waals surface area contributed by atoms with E-state index in [1.165, 1.54) is 0 Å². The predicted octanol–water partition coefficient (Wildman–Crippen LogP) is 3.25. The standard InChI is InChI=1S/C20H28N2O3/c1-5-10-17(6-2)21-19(23)18(13-15(3)4)22-20(24)25-14-16-11-8-7-9-12-16/h2,7-9,11-12,15,17-18H,5,10,13-14H2,1,3-4H3,(H,21,23)(H,22,24)/t17-,18+/m1/s1. The number of rotatable bonds is 9. The summed E-state index contributed by atoms with van der Waals surface area (Å²) >= 11 is 0. The molecule has 1 aromatic carbocycles. The fourth-order valence-corrected chi connectivity index (χ4v) is 2.37. The van der Waals surface area contributed by atoms with Gasteiger partial charge in [-0.15, -0.1) is 6.42 Å². The largest absolute Gasteiger partial charge is 0.445 e. The van der Waals surface area contributed by atoms with Gasteiger partial charge >= 0.3 is 6.09 Å². The van der Waals surface area contributed by atoms with Crippen molar-refractivity contribution in [1.82, 2.24) is 10.6 Å². The Kier molecular flexibility index (Phi) is 9.16. The van der Waals surface area contributed by atoms with Crippen LogP contribution in [0.5, 0.6) is 0 Å². The molecule has 5 nitrogen and oxygen atoms in total. The van der Waals surface area contributed by atoms with Crippen molar-refractivity contribution in [3.63, 3.8) is 0 Å². The molecule has 2 amide bonds. The lowest BCUT2D eigenvalue weighted by Crippen LogP contribution is -2.50. The molecule has 2 N–H and O–H groups in total. The van der Waals surface area contributed by atoms with Gasteiger partial charge in [-0.3, -0.25) is 4.79 Å². The molecule has 2 atom stereocenters. The molecular formula is C20H28N2O3. The summed E-state index contributed by atoms with van der Waals surface area (Å²) in [5.41, 5.74) is 0.887. The Morgan fingerprint density at radius 3 is 2.44 bits per heavy atom. The average Bonchev–Trinajstić information content (AvgIpc) is 2.59. The van der Waals surface area contributed by atoms with Crippen LogP contribution < -0.4 is 10.6 Å². The number of carbonyl (C=O) groups excluding carboxylic acids is 2. The SMILES string of the molecule is C#C[C@H](CCC)NC(=O)[C@H](CC(C)C)NC(=O)OCc1ccccc1. The van der Waals surface area contributed by atoms with Gasteiger partial charge in [0.1, 0.15) is 12.6 Å². The van der Waals surface area contributed by atoms with Gasteiger partial charge in [0.05, 0.1) is 6.04 Å². The molecule has 0 unspecified atom stereocenters. The van der Waals surface area contributed by atoms with Gasteiger partial charge in [0.25, 0.3) is 0 Å². The number of terminal acetylenes is 1. The van der Waals surface area contributed by atoms with E-state index in [2.05, 4.69) is 16.6 Å². The first-order valence-electron chi connectivity index (χ1n) is 8.70. The van der Waals surface area contributed by atoms with Gasteiger partial charge < -0.3 is 15.4 Å². The molecule has 0 aliphatic heterocycles. The lowest BCUT2D eigenvalue weighted by molar-refractivity contribution is -0.123. The third-order valence-corrected chi connectivity index (χ3v) is 3.62. The van der Waals surface area contributed by atoms with Crippen LogP contribution in [0.2, 0.25) is 0 Å². The normalized spacial score (nSPS) is 12.8. The first-order chi connectivity index (χ1) is 12.0. The maximum atomic E-state index is 12.5. The van der Waals surface area contributed by atoms with Crippen LogP contribution in [0.3, 0.4) is 0 Å². The van der Waals surface area contributed by atoms with Crippen molar-refractivity contribution in [1.29, 1.82) is 0 Å². The Hall–Kier alpha value is -2.48. The number of alkyl carbamates (subject to hydrolysis) is 1. The molecule has 1 aromatic rings. The zero-order valence-electron chi connectivity index (χ0n) is 15.2. The second-order valence-corrected chi connectivity index (χ2v) is 6.40. The van der Waals surface area contributed by atoms with E-state index in [1.54, 1.807) is 0 Å². The highest BCUT2D eigenvalue weighted by molar-refractivity contribution is 5.86. The molecule has 0 saturated carbocycles. The summed E-state index contributed by atoms with van der Waals surface area (Å²) in [5, 5.41) is 5.46. The molecule has 0 aromatic heterocycles. The van der Waals surface area contributed by atoms with Crippen LogP contribution in [0.1, 0.15) is 45.6 Å². The molecular weight excluding hydrogens is 316 g/mol. The molecule has 0 saturated heterocycles. The van der Waals surface area contributed by atoms with Gasteiger partial charge in [0.2, 0.25) is 5.91 Å². The minimum atomic E-state index is -0.670. The Morgan fingerprint density at radius 1 is 1.20 bits per heavy atom. The molecule has 0 heterocycles. The maximum Gasteiger partial charge on any atom is 0.408 e. The third-order valence-electron chi connectivity index (χ3n) is 3.62. The molecule has 0 aliphatic carbocycles. The maximum absolute atomic E-state index is 12.5. The zero-order valence-corrected chi connectivity index (χ0v) is 15.2. The van der Waals surface area contributed by atoms with Crippen LogP contribution >= 0.6 is 0 Å². The van der Waals surface area contributed by atoms with Crippen molar-refractivity contribution < 1.29 is 14.3 Å². The number of nitrogens with one attached hydrogen (secondary N) is 2. The van der Waals surface area contributed by atoms with Crippen molar-refractivity contribution in [2.45, 2.75) is 58.7 Å². The summed E-state index contributed by atoms with van der Waals surface area (Å²) in [4.78, 5) is 24.5. The highest BCUT2D eigenvalue weighted by atomic mass is 16.5. The van der Waals surface area contributed by atoms with Crippen molar-refractivity contribution in [3.05, 3.63) is 35.9 Å². The molecule has 0 aliphatic rings. The van der Waals surface area contributed by atoms with Crippen molar-refractivity contribution in [3.8, 4) is 12.3 Å². The van der Waals surface area contributed by atoms with E-state index in [4.69, 9.17) is 11.2 Å². The Bertz CT molecular complexity index is 578. The van der Waals surface area contributed by atoms with Gasteiger partial charge in [0, 0.05) is 0 Å². The van der Waals surface area contributed by atoms with Gasteiger partial charge in [-0.25, -0.2) is 4.79 Å². The first-order valence-corrected chi connectivity index (χ1v) is 8.70. The number of benzene rings is 1. The highest BCUT2D eigenvalue weighted by Gasteiger charge is 2.24. The van der Waals surface area contributed by atoms with Crippen molar-refractivity contribution in [2.24, 2.45) is 5.92 Å². The Labute approximate surface area is 150 Å². The van der Waals surface area contributed by atoms with E-state index in [-0.39, 0.29) is 24.5 Å². The van der Waals surface area contributed by atoms with Gasteiger partial charge in [0.15, 0.2) is 0 Å². The third kappa shape index (κ3) is 8.25. The average molecular weight is 344 g/mol. The molecule has 0 fully saturated rings. The van der Waals surface area contributed by atoms with Crippen LogP contribution in [-0.4, -0.2) is 24.1 Å². The smallest absolute Gasteiger partial charge is 0.408 e. The highest BCUT2D eigenvalue weighted by Crippen LogP contribution is 2.07. The summed E-state index contributed by atoms with van der Waals surface area (Å²) in [7, 11) is 0. The first kappa shape index (κ1) is 20.6. The van der Waals surface area contributed by atoms with E-state index in [0.29, 0.717) is 12.8 Å². The lowest BCUT2D eigenvalue weighted by atomic mass is 10.0. The molecule has 0 radical (unpaired) electrons. The number of ether oxygens (including phenoxy) is 1. The van der Waals surface area contributed by atoms with Gasteiger partial charge in [-0.2, -0.15) is 0 Å². The van der Waals surface area contributed by atoms with E-state index >= 15 is 0 Å². The molecule has 25 heavy (non-hydrogen) atoms. The molecule has 5 heteroatoms. The van der Waals surface area contributed by atoms with Gasteiger partial charge in [-0.1, -0.05) is 63.4 Å². The minimum absolute atomic E-state index is 0.158. The van der Waals surface area contributed by atoms with E-state index in [1.807, 2.05) is 51.1 Å². The summed E-state index contributed by atoms with van der Waals surface area (Å²) in [5.74, 6) is 2.53. The number of hydrogen-bond donors (Lipinski definition) is 2. The van der Waals surface area contributed by atoms with Crippen molar-refractivity contribution in [2.75, 3.05) is 0 Å². The topological polar surface area (TPSA) is 67.4 Å². The van der Waals surface area contributed by atoms with Crippen LogP contribution in [0.4, 0.5) is 4.79 Å². The molecule has 0 bridgehead atoms. The van der Waals surface area contributed by atoms with E-state index in [0.717, 1.165) is 12.0 Å². The summed E-state index contributed by atoms with van der Waals surface area (Å²) in [6, 6.07) is 8.38. The second kappa shape index (κ2) is 11.1. The Balaban J connectivity index is 2.60. The zero-order chi connectivity index (χ0) is 18.7. The van der Waals surface area contributed by atoms with Gasteiger partial charge in [-0.05, 0) is 24.3 Å². The second-order valence-electron chi connectivity index (χ2n) is 6.40. The molecule has 0 spiro atoms. The predicted molar refractivity (Wildman–Crippen MR) is 98.7 cm³/mol. The lowest BCUT2D eigenvalue weighted by Gasteiger charge is -2.22. The molecule has 136 valence electrons. The van der Waals surface area contributed by atoms with Crippen molar-refractivity contribution >= 4 is 12.0 Å². The van der Waals surface area contributed by atoms with E-state index in [9.17, 15) is 9.59 Å². The number of amides is 2. The number of hydrogen-bond acceptors (Lipinski definition) is 3. The quantitative estimate of drug-likeness (QED) is 0.676. The Morgan fingerprint density at radius 2 is 1.88 bits per heavy atom. The van der Waals surface area contributed by atoms with Crippen LogP contribution in [-0.2, 0) is 16.1 Å². The van der Waals surface area contributed by atoms with Crippen LogP contribution in [0, 0.1) is 18.3 Å². The fraction of sp³-hybridized carbons (Fsp3) is 0.500. The minimum Gasteiger partial charge on any atom is -0.445 e. The number of carbonyl (C=O) groups is 2. The fourth-order valence-electron chi connectivity index (χ4n) is 2.37. The van der Waals surface area contributed by atoms with Crippen LogP contribution in [0.25, 0.3) is 0 Å². The summed E-state index contributed by atoms with van der Waals surface area (Å²) in [6.07, 6.45) is 6.92. The monoisotopic (exact) mass is 344 g/mol. The van der Waals surface area contributed by atoms with Crippen LogP contribution in [0.15, 0.2) is 30.3 Å². The summed E-state index contributed by atoms with van der Waals surface area (Å²) < 4.78 is 5.20. The summed E-state index contributed by atoms with van der Waals surface area (Å²) in [6.45, 7) is 6.14.